The minimum Gasteiger partial charge on any atom is -0.468 e. The molecule has 1 N–H and O–H groups in total. The number of carbonyl (C=O) groups is 1. The average molecular weight is 237 g/mol. The van der Waals surface area contributed by atoms with Gasteiger partial charge in [0.05, 0.1) is 13.3 Å². The fourth-order valence-electron chi connectivity index (χ4n) is 1.69. The van der Waals surface area contributed by atoms with E-state index in [0.29, 0.717) is 12.1 Å². The van der Waals surface area contributed by atoms with E-state index in [9.17, 15) is 4.79 Å². The van der Waals surface area contributed by atoms with Gasteiger partial charge in [-0.2, -0.15) is 5.10 Å². The number of aromatic nitrogens is 2. The van der Waals surface area contributed by atoms with E-state index in [1.165, 1.54) is 7.11 Å². The summed E-state index contributed by atoms with van der Waals surface area (Å²) in [5.74, 6) is -0.250. The van der Waals surface area contributed by atoms with Gasteiger partial charge in [-0.3, -0.25) is 10.00 Å². The molecule has 1 heterocycles. The molecule has 94 valence electrons. The molecule has 1 aromatic heterocycles. The number of methoxy groups -OCH3 is 1. The number of hydrogen-bond donors (Lipinski definition) is 1. The van der Waals surface area contributed by atoms with Gasteiger partial charge in [0, 0.05) is 23.8 Å². The molecule has 1 aliphatic rings. The van der Waals surface area contributed by atoms with Crippen LogP contribution in [0, 0.1) is 0 Å². The highest BCUT2D eigenvalue weighted by atomic mass is 16.5. The maximum absolute atomic E-state index is 11.7. The second-order valence-corrected chi connectivity index (χ2v) is 4.74. The van der Waals surface area contributed by atoms with E-state index in [-0.39, 0.29) is 12.0 Å². The van der Waals surface area contributed by atoms with Crippen molar-refractivity contribution in [3.63, 3.8) is 0 Å². The van der Waals surface area contributed by atoms with Crippen molar-refractivity contribution in [3.8, 4) is 0 Å². The Morgan fingerprint density at radius 3 is 2.76 bits per heavy atom. The quantitative estimate of drug-likeness (QED) is 0.787. The molecule has 5 heteroatoms. The van der Waals surface area contributed by atoms with Crippen LogP contribution < -0.4 is 5.32 Å². The lowest BCUT2D eigenvalue weighted by Crippen LogP contribution is -2.30. The molecule has 1 aliphatic carbocycles. The smallest absolute Gasteiger partial charge is 0.327 e. The fraction of sp³-hybridized carbons (Fsp3) is 0.667. The summed E-state index contributed by atoms with van der Waals surface area (Å²) in [4.78, 5) is 11.7. The van der Waals surface area contributed by atoms with Crippen LogP contribution in [0.4, 0.5) is 0 Å². The molecule has 0 amide bonds. The maximum Gasteiger partial charge on any atom is 0.327 e. The van der Waals surface area contributed by atoms with Crippen molar-refractivity contribution in [3.05, 3.63) is 18.0 Å². The minimum atomic E-state index is -0.389. The molecule has 17 heavy (non-hydrogen) atoms. The van der Waals surface area contributed by atoms with Gasteiger partial charge in [-0.1, -0.05) is 0 Å². The van der Waals surface area contributed by atoms with E-state index >= 15 is 0 Å². The lowest BCUT2D eigenvalue weighted by molar-refractivity contribution is -0.143. The molecule has 5 nitrogen and oxygen atoms in total. The van der Waals surface area contributed by atoms with E-state index in [0.717, 1.165) is 18.4 Å². The first-order valence-corrected chi connectivity index (χ1v) is 5.99. The molecule has 0 saturated heterocycles. The first-order valence-electron chi connectivity index (χ1n) is 5.99. The van der Waals surface area contributed by atoms with Crippen molar-refractivity contribution < 1.29 is 9.53 Å². The van der Waals surface area contributed by atoms with E-state index in [2.05, 4.69) is 24.3 Å². The third kappa shape index (κ3) is 2.85. The summed E-state index contributed by atoms with van der Waals surface area (Å²) in [5, 5.41) is 7.53. The number of nitrogens with one attached hydrogen (secondary N) is 1. The van der Waals surface area contributed by atoms with Gasteiger partial charge < -0.3 is 4.74 Å². The Balaban J connectivity index is 2.14. The molecule has 1 fully saturated rings. The van der Waals surface area contributed by atoms with Crippen LogP contribution >= 0.6 is 0 Å². The monoisotopic (exact) mass is 237 g/mol. The van der Waals surface area contributed by atoms with E-state index in [1.54, 1.807) is 6.20 Å². The summed E-state index contributed by atoms with van der Waals surface area (Å²) >= 11 is 0. The predicted octanol–water partition coefficient (Wildman–Crippen LogP) is 1.43. The highest BCUT2D eigenvalue weighted by Gasteiger charge is 2.30. The topological polar surface area (TPSA) is 56.1 Å². The van der Waals surface area contributed by atoms with Crippen LogP contribution in [0.3, 0.4) is 0 Å². The number of esters is 1. The molecule has 0 radical (unpaired) electrons. The van der Waals surface area contributed by atoms with Crippen LogP contribution in [-0.2, 0) is 9.53 Å². The van der Waals surface area contributed by atoms with Gasteiger partial charge in [0.2, 0.25) is 0 Å². The lowest BCUT2D eigenvalue weighted by atomic mass is 10.1. The van der Waals surface area contributed by atoms with Gasteiger partial charge >= 0.3 is 5.97 Å². The molecule has 1 atom stereocenters. The third-order valence-electron chi connectivity index (χ3n) is 2.90. The molecule has 2 rings (SSSR count). The number of carbonyl (C=O) groups excluding carboxylic acids is 1. The van der Waals surface area contributed by atoms with Gasteiger partial charge in [0.1, 0.15) is 6.04 Å². The van der Waals surface area contributed by atoms with Gasteiger partial charge in [-0.25, -0.2) is 4.79 Å². The zero-order valence-electron chi connectivity index (χ0n) is 10.5. The summed E-state index contributed by atoms with van der Waals surface area (Å²) in [6, 6.07) is 0.351. The van der Waals surface area contributed by atoms with Crippen LogP contribution in [0.2, 0.25) is 0 Å². The van der Waals surface area contributed by atoms with E-state index < -0.39 is 0 Å². The van der Waals surface area contributed by atoms with Crippen molar-refractivity contribution >= 4 is 5.97 Å². The van der Waals surface area contributed by atoms with Crippen molar-refractivity contribution in [1.82, 2.24) is 15.1 Å². The van der Waals surface area contributed by atoms with Crippen molar-refractivity contribution in [2.24, 2.45) is 0 Å². The molecular weight excluding hydrogens is 218 g/mol. The van der Waals surface area contributed by atoms with E-state index in [1.807, 2.05) is 10.9 Å². The van der Waals surface area contributed by atoms with Gasteiger partial charge in [0.15, 0.2) is 0 Å². The summed E-state index contributed by atoms with van der Waals surface area (Å²) in [6.07, 6.45) is 5.90. The van der Waals surface area contributed by atoms with Crippen molar-refractivity contribution in [1.29, 1.82) is 0 Å². The first kappa shape index (κ1) is 12.1. The number of hydrogen-bond acceptors (Lipinski definition) is 4. The molecular formula is C12H19N3O2. The van der Waals surface area contributed by atoms with Crippen LogP contribution in [0.15, 0.2) is 12.4 Å². The Labute approximate surface area is 101 Å². The minimum absolute atomic E-state index is 0.250. The average Bonchev–Trinajstić information content (AvgIpc) is 2.99. The second-order valence-electron chi connectivity index (χ2n) is 4.74. The second kappa shape index (κ2) is 4.87. The molecule has 0 aliphatic heterocycles. The third-order valence-corrected chi connectivity index (χ3v) is 2.90. The van der Waals surface area contributed by atoms with Crippen LogP contribution in [0.1, 0.15) is 44.3 Å². The molecule has 1 unspecified atom stereocenters. The van der Waals surface area contributed by atoms with Crippen LogP contribution in [0.5, 0.6) is 0 Å². The largest absolute Gasteiger partial charge is 0.468 e. The van der Waals surface area contributed by atoms with Crippen LogP contribution in [0.25, 0.3) is 0 Å². The standard InChI is InChI=1S/C12H19N3O2/c1-8(2)15-7-9(6-13-15)11(12(16)17-3)14-10-4-5-10/h6-8,10-11,14H,4-5H2,1-3H3. The number of ether oxygens (including phenoxy) is 1. The zero-order chi connectivity index (χ0) is 12.4. The summed E-state index contributed by atoms with van der Waals surface area (Å²) in [5.41, 5.74) is 0.873. The first-order chi connectivity index (χ1) is 8.11. The highest BCUT2D eigenvalue weighted by molar-refractivity contribution is 5.77. The lowest BCUT2D eigenvalue weighted by Gasteiger charge is -2.14. The Hall–Kier alpha value is -1.36. The number of rotatable bonds is 5. The number of nitrogens with zero attached hydrogens (tertiary/aromatic N) is 2. The molecule has 1 saturated carbocycles. The fourth-order valence-corrected chi connectivity index (χ4v) is 1.69. The van der Waals surface area contributed by atoms with Crippen LogP contribution in [-0.4, -0.2) is 28.9 Å². The summed E-state index contributed by atoms with van der Waals surface area (Å²) in [7, 11) is 1.41. The Bertz CT molecular complexity index is 396. The summed E-state index contributed by atoms with van der Waals surface area (Å²) < 4.78 is 6.67. The van der Waals surface area contributed by atoms with Gasteiger partial charge in [-0.15, -0.1) is 0 Å². The summed E-state index contributed by atoms with van der Waals surface area (Å²) in [6.45, 7) is 4.11. The Kier molecular flexibility index (Phi) is 3.47. The highest BCUT2D eigenvalue weighted by Crippen LogP contribution is 2.25. The van der Waals surface area contributed by atoms with E-state index in [4.69, 9.17) is 4.74 Å². The Morgan fingerprint density at radius 1 is 1.59 bits per heavy atom. The predicted molar refractivity (Wildman–Crippen MR) is 63.5 cm³/mol. The Morgan fingerprint density at radius 2 is 2.29 bits per heavy atom. The molecule has 0 spiro atoms. The SMILES string of the molecule is COC(=O)C(NC1CC1)c1cnn(C(C)C)c1. The van der Waals surface area contributed by atoms with Crippen molar-refractivity contribution in [2.45, 2.75) is 44.8 Å². The zero-order valence-corrected chi connectivity index (χ0v) is 10.5. The van der Waals surface area contributed by atoms with Gasteiger partial charge in [0.25, 0.3) is 0 Å². The van der Waals surface area contributed by atoms with Gasteiger partial charge in [-0.05, 0) is 26.7 Å². The molecule has 0 bridgehead atoms. The van der Waals surface area contributed by atoms with Crippen molar-refractivity contribution in [2.75, 3.05) is 7.11 Å². The molecule has 0 aromatic carbocycles. The maximum atomic E-state index is 11.7. The normalized spacial score (nSPS) is 17.2. The molecule has 1 aromatic rings.